The molecule has 5 heteroatoms. The molecule has 0 aliphatic carbocycles. The lowest BCUT2D eigenvalue weighted by molar-refractivity contribution is 0.0699. The molecule has 1 heterocycles. The van der Waals surface area contributed by atoms with Crippen molar-refractivity contribution in [2.24, 2.45) is 0 Å². The maximum atomic E-state index is 12.4. The van der Waals surface area contributed by atoms with E-state index in [9.17, 15) is 14.7 Å². The van der Waals surface area contributed by atoms with Crippen LogP contribution in [0.2, 0.25) is 0 Å². The minimum atomic E-state index is -1.07. The lowest BCUT2D eigenvalue weighted by Gasteiger charge is -2.07. The summed E-state index contributed by atoms with van der Waals surface area (Å²) in [4.78, 5) is 24.4. The predicted molar refractivity (Wildman–Crippen MR) is 117 cm³/mol. The number of rotatable bonds is 5. The lowest BCUT2D eigenvalue weighted by Crippen LogP contribution is -2.13. The monoisotopic (exact) mass is 399 g/mol. The fraction of sp³-hybridized carbons (Fsp3) is 0. The molecule has 0 saturated heterocycles. The van der Waals surface area contributed by atoms with Crippen LogP contribution in [0.15, 0.2) is 90.3 Å². The van der Waals surface area contributed by atoms with Gasteiger partial charge in [0.25, 0.3) is 5.91 Å². The highest BCUT2D eigenvalue weighted by Crippen LogP contribution is 2.36. The van der Waals surface area contributed by atoms with Crippen molar-refractivity contribution in [1.82, 2.24) is 0 Å². The van der Waals surface area contributed by atoms with Crippen LogP contribution in [0.5, 0.6) is 0 Å². The Morgan fingerprint density at radius 1 is 0.724 bits per heavy atom. The Kier molecular flexibility index (Phi) is 5.22. The van der Waals surface area contributed by atoms with Gasteiger partial charge in [-0.05, 0) is 28.8 Å². The van der Waals surface area contributed by atoms with Gasteiger partial charge in [0.05, 0.1) is 0 Å². The molecule has 0 aliphatic heterocycles. The number of amides is 1. The van der Waals surface area contributed by atoms with Gasteiger partial charge in [0.1, 0.15) is 10.6 Å². The molecule has 4 aromatic rings. The molecule has 1 aromatic heterocycles. The van der Waals surface area contributed by atoms with Crippen LogP contribution < -0.4 is 5.32 Å². The van der Waals surface area contributed by atoms with Gasteiger partial charge in [0.15, 0.2) is 0 Å². The van der Waals surface area contributed by atoms with E-state index in [1.807, 2.05) is 60.7 Å². The fourth-order valence-electron chi connectivity index (χ4n) is 3.11. The van der Waals surface area contributed by atoms with Crippen molar-refractivity contribution in [1.29, 1.82) is 0 Å². The van der Waals surface area contributed by atoms with Crippen LogP contribution in [0.4, 0.5) is 5.00 Å². The molecule has 4 rings (SSSR count). The molecular weight excluding hydrogens is 382 g/mol. The van der Waals surface area contributed by atoms with Gasteiger partial charge >= 0.3 is 5.97 Å². The van der Waals surface area contributed by atoms with E-state index in [-0.39, 0.29) is 11.5 Å². The Bertz CT molecular complexity index is 1150. The third kappa shape index (κ3) is 3.95. The molecule has 3 aromatic carbocycles. The first-order valence-electron chi connectivity index (χ1n) is 9.00. The minimum Gasteiger partial charge on any atom is -0.478 e. The van der Waals surface area contributed by atoms with E-state index >= 15 is 0 Å². The van der Waals surface area contributed by atoms with Crippen molar-refractivity contribution in [2.45, 2.75) is 0 Å². The highest BCUT2D eigenvalue weighted by Gasteiger charge is 2.21. The zero-order valence-corrected chi connectivity index (χ0v) is 16.1. The standard InChI is InChI=1S/C24H17NO3S/c26-22(19-9-5-2-6-10-19)25-23-21(24(27)28)20(15-29-23)18-13-11-17(12-14-18)16-7-3-1-4-8-16/h1-15H,(H,25,26)(H,27,28). The largest absolute Gasteiger partial charge is 0.478 e. The zero-order chi connectivity index (χ0) is 20.2. The SMILES string of the molecule is O=C(Nc1scc(-c2ccc(-c3ccccc3)cc2)c1C(=O)O)c1ccccc1. The number of carboxylic acid groups (broad SMARTS) is 1. The average Bonchev–Trinajstić information content (AvgIpc) is 3.19. The molecule has 0 bridgehead atoms. The molecular formula is C24H17NO3S. The van der Waals surface area contributed by atoms with E-state index in [1.165, 1.54) is 11.3 Å². The van der Waals surface area contributed by atoms with E-state index in [0.717, 1.165) is 16.7 Å². The third-order valence-corrected chi connectivity index (χ3v) is 5.47. The molecule has 4 nitrogen and oxygen atoms in total. The van der Waals surface area contributed by atoms with Crippen LogP contribution in [0.25, 0.3) is 22.3 Å². The van der Waals surface area contributed by atoms with E-state index in [4.69, 9.17) is 0 Å². The molecule has 29 heavy (non-hydrogen) atoms. The highest BCUT2D eigenvalue weighted by atomic mass is 32.1. The fourth-order valence-corrected chi connectivity index (χ4v) is 4.07. The number of carbonyl (C=O) groups is 2. The Labute approximate surface area is 172 Å². The van der Waals surface area contributed by atoms with Crippen molar-refractivity contribution in [2.75, 3.05) is 5.32 Å². The van der Waals surface area contributed by atoms with E-state index in [1.54, 1.807) is 29.6 Å². The third-order valence-electron chi connectivity index (χ3n) is 4.57. The Balaban J connectivity index is 1.65. The van der Waals surface area contributed by atoms with E-state index < -0.39 is 5.97 Å². The number of hydrogen-bond donors (Lipinski definition) is 2. The predicted octanol–water partition coefficient (Wildman–Crippen LogP) is 6.03. The van der Waals surface area contributed by atoms with Crippen molar-refractivity contribution in [3.05, 3.63) is 101 Å². The van der Waals surface area contributed by atoms with Gasteiger partial charge in [-0.15, -0.1) is 11.3 Å². The van der Waals surface area contributed by atoms with Gasteiger partial charge < -0.3 is 10.4 Å². The molecule has 0 radical (unpaired) electrons. The summed E-state index contributed by atoms with van der Waals surface area (Å²) in [6.07, 6.45) is 0. The first-order valence-corrected chi connectivity index (χ1v) is 9.88. The number of carbonyl (C=O) groups excluding carboxylic acids is 1. The maximum Gasteiger partial charge on any atom is 0.339 e. The number of aromatic carboxylic acids is 1. The van der Waals surface area contributed by atoms with Gasteiger partial charge in [0, 0.05) is 16.5 Å². The summed E-state index contributed by atoms with van der Waals surface area (Å²) in [5.74, 6) is -1.40. The summed E-state index contributed by atoms with van der Waals surface area (Å²) in [7, 11) is 0. The Hall–Kier alpha value is -3.70. The average molecular weight is 399 g/mol. The second kappa shape index (κ2) is 8.12. The van der Waals surface area contributed by atoms with Crippen molar-refractivity contribution < 1.29 is 14.7 Å². The normalized spacial score (nSPS) is 10.5. The Morgan fingerprint density at radius 3 is 1.90 bits per heavy atom. The Morgan fingerprint density at radius 2 is 1.28 bits per heavy atom. The minimum absolute atomic E-state index is 0.103. The molecule has 0 saturated carbocycles. The van der Waals surface area contributed by atoms with Gasteiger partial charge in [0.2, 0.25) is 0 Å². The van der Waals surface area contributed by atoms with E-state index in [2.05, 4.69) is 5.32 Å². The summed E-state index contributed by atoms with van der Waals surface area (Å²) in [5, 5.41) is 14.6. The van der Waals surface area contributed by atoms with E-state index in [0.29, 0.717) is 16.1 Å². The molecule has 2 N–H and O–H groups in total. The summed E-state index contributed by atoms with van der Waals surface area (Å²) in [6.45, 7) is 0. The quantitative estimate of drug-likeness (QED) is 0.430. The highest BCUT2D eigenvalue weighted by molar-refractivity contribution is 7.15. The molecule has 0 unspecified atom stereocenters. The number of thiophene rings is 1. The van der Waals surface area contributed by atoms with Crippen LogP contribution in [-0.4, -0.2) is 17.0 Å². The van der Waals surface area contributed by atoms with Gasteiger partial charge in [-0.2, -0.15) is 0 Å². The summed E-state index contributed by atoms with van der Waals surface area (Å²) in [5.41, 5.74) is 4.11. The molecule has 0 atom stereocenters. The van der Waals surface area contributed by atoms with Crippen LogP contribution in [0.1, 0.15) is 20.7 Å². The number of carboxylic acids is 1. The molecule has 0 spiro atoms. The molecule has 0 fully saturated rings. The van der Waals surface area contributed by atoms with Crippen LogP contribution in [0.3, 0.4) is 0 Å². The van der Waals surface area contributed by atoms with Crippen molar-refractivity contribution in [3.63, 3.8) is 0 Å². The number of hydrogen-bond acceptors (Lipinski definition) is 3. The first-order chi connectivity index (χ1) is 14.1. The lowest BCUT2D eigenvalue weighted by atomic mass is 9.99. The first kappa shape index (κ1) is 18.7. The van der Waals surface area contributed by atoms with Crippen LogP contribution in [-0.2, 0) is 0 Å². The van der Waals surface area contributed by atoms with Crippen LogP contribution in [0, 0.1) is 0 Å². The molecule has 1 amide bonds. The second-order valence-corrected chi connectivity index (χ2v) is 7.30. The van der Waals surface area contributed by atoms with Gasteiger partial charge in [-0.25, -0.2) is 4.79 Å². The number of nitrogens with one attached hydrogen (secondary N) is 1. The second-order valence-electron chi connectivity index (χ2n) is 6.42. The maximum absolute atomic E-state index is 12.4. The zero-order valence-electron chi connectivity index (χ0n) is 15.3. The van der Waals surface area contributed by atoms with Crippen LogP contribution >= 0.6 is 11.3 Å². The summed E-state index contributed by atoms with van der Waals surface area (Å²) in [6, 6.07) is 26.4. The van der Waals surface area contributed by atoms with Gasteiger partial charge in [-0.1, -0.05) is 72.8 Å². The summed E-state index contributed by atoms with van der Waals surface area (Å²) >= 11 is 1.21. The smallest absolute Gasteiger partial charge is 0.339 e. The van der Waals surface area contributed by atoms with Crippen molar-refractivity contribution >= 4 is 28.2 Å². The molecule has 0 aliphatic rings. The number of anilines is 1. The van der Waals surface area contributed by atoms with Crippen molar-refractivity contribution in [3.8, 4) is 22.3 Å². The topological polar surface area (TPSA) is 66.4 Å². The molecule has 142 valence electrons. The summed E-state index contributed by atoms with van der Waals surface area (Å²) < 4.78 is 0. The van der Waals surface area contributed by atoms with Gasteiger partial charge in [-0.3, -0.25) is 4.79 Å². The number of benzene rings is 3.